The van der Waals surface area contributed by atoms with Crippen molar-refractivity contribution in [3.63, 3.8) is 0 Å². The highest BCUT2D eigenvalue weighted by Crippen LogP contribution is 2.37. The summed E-state index contributed by atoms with van der Waals surface area (Å²) in [6, 6.07) is 38.4. The number of aliphatic imine (C=N–C) groups is 1. The number of ether oxygens (including phenoxy) is 1. The van der Waals surface area contributed by atoms with Gasteiger partial charge in [-0.3, -0.25) is 9.69 Å². The van der Waals surface area contributed by atoms with Crippen LogP contribution < -0.4 is 9.64 Å². The van der Waals surface area contributed by atoms with E-state index in [9.17, 15) is 4.79 Å². The largest absolute Gasteiger partial charge is 0.489 e. The Morgan fingerprint density at radius 2 is 1.45 bits per heavy atom. The van der Waals surface area contributed by atoms with E-state index in [4.69, 9.17) is 9.73 Å². The topological polar surface area (TPSA) is 41.9 Å². The van der Waals surface area contributed by atoms with Crippen LogP contribution in [0.2, 0.25) is 0 Å². The van der Waals surface area contributed by atoms with E-state index in [0.717, 1.165) is 33.8 Å². The van der Waals surface area contributed by atoms with Crippen LogP contribution in [0.3, 0.4) is 0 Å². The molecule has 1 aliphatic heterocycles. The number of carbonyl (C=O) groups excluding carboxylic acids is 1. The van der Waals surface area contributed by atoms with E-state index >= 15 is 0 Å². The van der Waals surface area contributed by atoms with Gasteiger partial charge in [-0.15, -0.1) is 0 Å². The fourth-order valence-corrected chi connectivity index (χ4v) is 5.59. The van der Waals surface area contributed by atoms with E-state index in [2.05, 4.69) is 30.3 Å². The number of hydrogen-bond acceptors (Lipinski definition) is 4. The Kier molecular flexibility index (Phi) is 7.21. The highest BCUT2D eigenvalue weighted by atomic mass is 32.2. The number of aryl methyl sites for hydroxylation is 2. The van der Waals surface area contributed by atoms with E-state index in [1.807, 2.05) is 105 Å². The molecule has 5 aromatic rings. The standard InChI is InChI=1S/C35H28N2O2S/c1-24-10-16-29(17-11-24)36-35-37(30-18-12-25(2)13-19-30)34(38)33(40-35)22-26-14-20-31(21-15-26)39-23-28-8-5-7-27-6-3-4-9-32(27)28/h3-22H,23H2,1-2H3/b33-22+,36-35?. The predicted octanol–water partition coefficient (Wildman–Crippen LogP) is 8.84. The molecule has 1 amide bonds. The molecule has 1 heterocycles. The molecular formula is C35H28N2O2S. The minimum absolute atomic E-state index is 0.0870. The summed E-state index contributed by atoms with van der Waals surface area (Å²) in [5, 5.41) is 3.04. The summed E-state index contributed by atoms with van der Waals surface area (Å²) in [4.78, 5) is 20.8. The van der Waals surface area contributed by atoms with Gasteiger partial charge in [0.2, 0.25) is 0 Å². The highest BCUT2D eigenvalue weighted by Gasteiger charge is 2.34. The molecular weight excluding hydrogens is 512 g/mol. The van der Waals surface area contributed by atoms with Crippen LogP contribution in [0.15, 0.2) is 125 Å². The Morgan fingerprint density at radius 1 is 0.775 bits per heavy atom. The molecule has 5 aromatic carbocycles. The summed E-state index contributed by atoms with van der Waals surface area (Å²) in [5.74, 6) is 0.694. The number of anilines is 1. The van der Waals surface area contributed by atoms with E-state index < -0.39 is 0 Å². The number of rotatable bonds is 6. The van der Waals surface area contributed by atoms with Crippen molar-refractivity contribution in [2.45, 2.75) is 20.5 Å². The van der Waals surface area contributed by atoms with E-state index in [-0.39, 0.29) is 5.91 Å². The number of amidine groups is 1. The Morgan fingerprint density at radius 3 is 2.20 bits per heavy atom. The number of hydrogen-bond donors (Lipinski definition) is 0. The maximum atomic E-state index is 13.6. The van der Waals surface area contributed by atoms with Crippen molar-refractivity contribution in [3.8, 4) is 5.75 Å². The molecule has 6 rings (SSSR count). The number of thioether (sulfide) groups is 1. The average Bonchev–Trinajstić information content (AvgIpc) is 3.28. The monoisotopic (exact) mass is 540 g/mol. The van der Waals surface area contributed by atoms with Gasteiger partial charge in [-0.2, -0.15) is 0 Å². The van der Waals surface area contributed by atoms with Gasteiger partial charge < -0.3 is 4.74 Å². The molecule has 0 aliphatic carbocycles. The second-order valence-corrected chi connectivity index (χ2v) is 10.8. The summed E-state index contributed by atoms with van der Waals surface area (Å²) >= 11 is 1.39. The zero-order chi connectivity index (χ0) is 27.5. The molecule has 0 N–H and O–H groups in total. The summed E-state index contributed by atoms with van der Waals surface area (Å²) in [5.41, 5.74) is 5.99. The lowest BCUT2D eigenvalue weighted by molar-refractivity contribution is -0.113. The van der Waals surface area contributed by atoms with Gasteiger partial charge in [-0.1, -0.05) is 90.0 Å². The summed E-state index contributed by atoms with van der Waals surface area (Å²) in [6.45, 7) is 4.57. The minimum atomic E-state index is -0.0870. The lowest BCUT2D eigenvalue weighted by Gasteiger charge is -2.16. The van der Waals surface area contributed by atoms with E-state index in [0.29, 0.717) is 16.7 Å². The molecule has 4 nitrogen and oxygen atoms in total. The van der Waals surface area contributed by atoms with Crippen molar-refractivity contribution >= 4 is 51.1 Å². The van der Waals surface area contributed by atoms with Crippen molar-refractivity contribution < 1.29 is 9.53 Å². The zero-order valence-electron chi connectivity index (χ0n) is 22.4. The molecule has 1 aliphatic rings. The lowest BCUT2D eigenvalue weighted by atomic mass is 10.1. The Labute approximate surface area is 238 Å². The van der Waals surface area contributed by atoms with Crippen LogP contribution in [0.5, 0.6) is 5.75 Å². The molecule has 0 radical (unpaired) electrons. The molecule has 1 saturated heterocycles. The van der Waals surface area contributed by atoms with Gasteiger partial charge in [-0.25, -0.2) is 4.99 Å². The number of fused-ring (bicyclic) bond motifs is 1. The third-order valence-corrected chi connectivity index (χ3v) is 7.78. The quantitative estimate of drug-likeness (QED) is 0.202. The van der Waals surface area contributed by atoms with Crippen molar-refractivity contribution in [2.75, 3.05) is 4.90 Å². The molecule has 0 aromatic heterocycles. The third kappa shape index (κ3) is 5.56. The lowest BCUT2D eigenvalue weighted by Crippen LogP contribution is -2.28. The SMILES string of the molecule is Cc1ccc(N=C2S/C(=C/c3ccc(OCc4cccc5ccccc45)cc3)C(=O)N2c2ccc(C)cc2)cc1. The molecule has 0 unspecified atom stereocenters. The number of amides is 1. The van der Waals surface area contributed by atoms with E-state index in [1.54, 1.807) is 4.90 Å². The second kappa shape index (κ2) is 11.2. The average molecular weight is 541 g/mol. The van der Waals surface area contributed by atoms with Crippen LogP contribution in [-0.4, -0.2) is 11.1 Å². The smallest absolute Gasteiger partial charge is 0.271 e. The van der Waals surface area contributed by atoms with Crippen LogP contribution >= 0.6 is 11.8 Å². The number of benzene rings is 5. The van der Waals surface area contributed by atoms with Gasteiger partial charge in [0.05, 0.1) is 16.3 Å². The van der Waals surface area contributed by atoms with Crippen LogP contribution in [0.4, 0.5) is 11.4 Å². The normalized spacial score (nSPS) is 15.3. The van der Waals surface area contributed by atoms with Crippen LogP contribution in [-0.2, 0) is 11.4 Å². The fraction of sp³-hybridized carbons (Fsp3) is 0.0857. The summed E-state index contributed by atoms with van der Waals surface area (Å²) in [6.07, 6.45) is 1.92. The molecule has 0 spiro atoms. The first-order chi connectivity index (χ1) is 19.5. The third-order valence-electron chi connectivity index (χ3n) is 6.81. The highest BCUT2D eigenvalue weighted by molar-refractivity contribution is 8.19. The number of carbonyl (C=O) groups is 1. The molecule has 0 bridgehead atoms. The second-order valence-electron chi connectivity index (χ2n) is 9.81. The Bertz CT molecular complexity index is 1730. The van der Waals surface area contributed by atoms with Gasteiger partial charge in [-0.05, 0) is 90.0 Å². The van der Waals surface area contributed by atoms with Crippen LogP contribution in [0.1, 0.15) is 22.3 Å². The predicted molar refractivity (Wildman–Crippen MR) is 167 cm³/mol. The summed E-state index contributed by atoms with van der Waals surface area (Å²) in [7, 11) is 0. The molecule has 40 heavy (non-hydrogen) atoms. The van der Waals surface area contributed by atoms with Crippen molar-refractivity contribution in [1.82, 2.24) is 0 Å². The van der Waals surface area contributed by atoms with Gasteiger partial charge in [0.1, 0.15) is 12.4 Å². The van der Waals surface area contributed by atoms with Crippen LogP contribution in [0, 0.1) is 13.8 Å². The summed E-state index contributed by atoms with van der Waals surface area (Å²) < 4.78 is 6.10. The first-order valence-corrected chi connectivity index (χ1v) is 14.0. The van der Waals surface area contributed by atoms with Gasteiger partial charge in [0, 0.05) is 0 Å². The number of nitrogens with zero attached hydrogens (tertiary/aromatic N) is 2. The Balaban J connectivity index is 1.23. The Hall–Kier alpha value is -4.61. The van der Waals surface area contributed by atoms with Gasteiger partial charge in [0.15, 0.2) is 5.17 Å². The van der Waals surface area contributed by atoms with Crippen molar-refractivity contribution in [2.24, 2.45) is 4.99 Å². The first kappa shape index (κ1) is 25.7. The molecule has 0 saturated carbocycles. The zero-order valence-corrected chi connectivity index (χ0v) is 23.2. The van der Waals surface area contributed by atoms with Crippen molar-refractivity contribution in [3.05, 3.63) is 142 Å². The molecule has 0 atom stereocenters. The van der Waals surface area contributed by atoms with Gasteiger partial charge >= 0.3 is 0 Å². The van der Waals surface area contributed by atoms with Crippen molar-refractivity contribution in [1.29, 1.82) is 0 Å². The van der Waals surface area contributed by atoms with E-state index in [1.165, 1.54) is 28.1 Å². The van der Waals surface area contributed by atoms with Crippen LogP contribution in [0.25, 0.3) is 16.8 Å². The minimum Gasteiger partial charge on any atom is -0.489 e. The maximum Gasteiger partial charge on any atom is 0.271 e. The molecule has 1 fully saturated rings. The fourth-order valence-electron chi connectivity index (χ4n) is 4.59. The first-order valence-electron chi connectivity index (χ1n) is 13.2. The maximum absolute atomic E-state index is 13.6. The molecule has 196 valence electrons. The van der Waals surface area contributed by atoms with Gasteiger partial charge in [0.25, 0.3) is 5.91 Å². The molecule has 5 heteroatoms.